The molecule has 0 bridgehead atoms. The van der Waals surface area contributed by atoms with Crippen LogP contribution in [0.15, 0.2) is 17.5 Å². The van der Waals surface area contributed by atoms with Gasteiger partial charge in [0.2, 0.25) is 0 Å². The minimum atomic E-state index is 0.844. The molecule has 0 aliphatic heterocycles. The molecule has 0 aliphatic rings. The average molecular weight is 238 g/mol. The Morgan fingerprint density at radius 1 is 1.00 bits per heavy atom. The second-order valence-electron chi connectivity index (χ2n) is 4.70. The van der Waals surface area contributed by atoms with Crippen molar-refractivity contribution in [2.45, 2.75) is 71.1 Å². The molecule has 0 saturated heterocycles. The van der Waals surface area contributed by atoms with Gasteiger partial charge in [-0.15, -0.1) is 11.3 Å². The lowest BCUT2D eigenvalue weighted by molar-refractivity contribution is 0.514. The summed E-state index contributed by atoms with van der Waals surface area (Å²) < 4.78 is 0. The van der Waals surface area contributed by atoms with Gasteiger partial charge in [0.25, 0.3) is 0 Å². The molecule has 0 N–H and O–H groups in total. The molecule has 0 radical (unpaired) electrons. The van der Waals surface area contributed by atoms with E-state index in [1.54, 1.807) is 4.88 Å². The highest BCUT2D eigenvalue weighted by molar-refractivity contribution is 7.10. The summed E-state index contributed by atoms with van der Waals surface area (Å²) in [5, 5.41) is 2.22. The van der Waals surface area contributed by atoms with Gasteiger partial charge in [0.1, 0.15) is 0 Å². The summed E-state index contributed by atoms with van der Waals surface area (Å²) in [5.74, 6) is 0.844. The normalized spacial score (nSPS) is 12.9. The maximum Gasteiger partial charge on any atom is 0.00761 e. The third-order valence-corrected chi connectivity index (χ3v) is 4.29. The molecule has 0 fully saturated rings. The van der Waals surface area contributed by atoms with E-state index >= 15 is 0 Å². The molecule has 16 heavy (non-hydrogen) atoms. The SMILES string of the molecule is CCCCCCC(CCCC)c1cccs1. The summed E-state index contributed by atoms with van der Waals surface area (Å²) in [6.07, 6.45) is 11.1. The van der Waals surface area contributed by atoms with Crippen LogP contribution < -0.4 is 0 Å². The molecule has 0 amide bonds. The van der Waals surface area contributed by atoms with Crippen molar-refractivity contribution in [3.05, 3.63) is 22.4 Å². The van der Waals surface area contributed by atoms with Crippen LogP contribution in [0.2, 0.25) is 0 Å². The van der Waals surface area contributed by atoms with Crippen LogP contribution in [-0.2, 0) is 0 Å². The average Bonchev–Trinajstić information content (AvgIpc) is 2.82. The van der Waals surface area contributed by atoms with Crippen LogP contribution >= 0.6 is 11.3 Å². The number of rotatable bonds is 9. The Balaban J connectivity index is 2.32. The standard InChI is InChI=1S/C15H26S/c1-3-5-7-8-11-14(10-6-4-2)15-12-9-13-16-15/h9,12-14H,3-8,10-11H2,1-2H3. The molecule has 0 aliphatic carbocycles. The zero-order valence-corrected chi connectivity index (χ0v) is 11.7. The van der Waals surface area contributed by atoms with E-state index in [4.69, 9.17) is 0 Å². The van der Waals surface area contributed by atoms with Crippen molar-refractivity contribution in [1.82, 2.24) is 0 Å². The first-order valence-electron chi connectivity index (χ1n) is 6.91. The van der Waals surface area contributed by atoms with Crippen LogP contribution in [0.25, 0.3) is 0 Å². The minimum absolute atomic E-state index is 0.844. The van der Waals surface area contributed by atoms with Gasteiger partial charge in [-0.3, -0.25) is 0 Å². The fraction of sp³-hybridized carbons (Fsp3) is 0.733. The summed E-state index contributed by atoms with van der Waals surface area (Å²) in [5.41, 5.74) is 0. The van der Waals surface area contributed by atoms with Crippen molar-refractivity contribution in [2.24, 2.45) is 0 Å². The first-order chi connectivity index (χ1) is 7.88. The molecule has 1 atom stereocenters. The summed E-state index contributed by atoms with van der Waals surface area (Å²) in [4.78, 5) is 1.62. The molecule has 0 spiro atoms. The highest BCUT2D eigenvalue weighted by Crippen LogP contribution is 2.31. The maximum atomic E-state index is 2.32. The molecule has 1 unspecified atom stereocenters. The summed E-state index contributed by atoms with van der Waals surface area (Å²) in [6.45, 7) is 4.58. The number of hydrogen-bond acceptors (Lipinski definition) is 1. The lowest BCUT2D eigenvalue weighted by Gasteiger charge is -2.14. The van der Waals surface area contributed by atoms with Crippen molar-refractivity contribution < 1.29 is 0 Å². The molecule has 1 aromatic heterocycles. The first kappa shape index (κ1) is 13.8. The molecule has 0 aromatic carbocycles. The molecule has 0 nitrogen and oxygen atoms in total. The van der Waals surface area contributed by atoms with E-state index in [2.05, 4.69) is 31.4 Å². The van der Waals surface area contributed by atoms with Crippen LogP contribution in [-0.4, -0.2) is 0 Å². The van der Waals surface area contributed by atoms with Crippen molar-refractivity contribution in [1.29, 1.82) is 0 Å². The Labute approximate surface area is 105 Å². The first-order valence-corrected chi connectivity index (χ1v) is 7.79. The molecule has 92 valence electrons. The zero-order chi connectivity index (χ0) is 11.6. The minimum Gasteiger partial charge on any atom is -0.149 e. The number of unbranched alkanes of at least 4 members (excludes halogenated alkanes) is 4. The van der Waals surface area contributed by atoms with Gasteiger partial charge < -0.3 is 0 Å². The largest absolute Gasteiger partial charge is 0.149 e. The fourth-order valence-corrected chi connectivity index (χ4v) is 3.12. The monoisotopic (exact) mass is 238 g/mol. The van der Waals surface area contributed by atoms with Gasteiger partial charge in [-0.1, -0.05) is 58.4 Å². The summed E-state index contributed by atoms with van der Waals surface area (Å²) in [6, 6.07) is 4.52. The molecule has 1 rings (SSSR count). The van der Waals surface area contributed by atoms with Crippen LogP contribution in [0, 0.1) is 0 Å². The topological polar surface area (TPSA) is 0 Å². The van der Waals surface area contributed by atoms with Crippen LogP contribution in [0.5, 0.6) is 0 Å². The Kier molecular flexibility index (Phi) is 7.58. The highest BCUT2D eigenvalue weighted by atomic mass is 32.1. The van der Waals surface area contributed by atoms with E-state index in [-0.39, 0.29) is 0 Å². The zero-order valence-electron chi connectivity index (χ0n) is 10.9. The van der Waals surface area contributed by atoms with Crippen LogP contribution in [0.4, 0.5) is 0 Å². The molecule has 1 aromatic rings. The molecule has 1 heterocycles. The van der Waals surface area contributed by atoms with Gasteiger partial charge in [0.05, 0.1) is 0 Å². The fourth-order valence-electron chi connectivity index (χ4n) is 2.22. The Bertz CT molecular complexity index is 238. The van der Waals surface area contributed by atoms with Gasteiger partial charge >= 0.3 is 0 Å². The predicted octanol–water partition coefficient (Wildman–Crippen LogP) is 5.99. The lowest BCUT2D eigenvalue weighted by atomic mass is 9.94. The van der Waals surface area contributed by atoms with Crippen LogP contribution in [0.1, 0.15) is 76.0 Å². The second-order valence-corrected chi connectivity index (χ2v) is 5.68. The molecule has 1 heteroatoms. The van der Waals surface area contributed by atoms with Crippen molar-refractivity contribution in [2.75, 3.05) is 0 Å². The summed E-state index contributed by atoms with van der Waals surface area (Å²) >= 11 is 1.95. The second kappa shape index (κ2) is 8.81. The van der Waals surface area contributed by atoms with Gasteiger partial charge in [-0.25, -0.2) is 0 Å². The van der Waals surface area contributed by atoms with Crippen molar-refractivity contribution >= 4 is 11.3 Å². The Morgan fingerprint density at radius 2 is 1.75 bits per heavy atom. The molecular weight excluding hydrogens is 212 g/mol. The number of hydrogen-bond donors (Lipinski definition) is 0. The van der Waals surface area contributed by atoms with E-state index in [9.17, 15) is 0 Å². The predicted molar refractivity (Wildman–Crippen MR) is 75.3 cm³/mol. The Hall–Kier alpha value is -0.300. The molecule has 0 saturated carbocycles. The smallest absolute Gasteiger partial charge is 0.00761 e. The van der Waals surface area contributed by atoms with E-state index in [1.165, 1.54) is 51.4 Å². The number of thiophene rings is 1. The van der Waals surface area contributed by atoms with Crippen molar-refractivity contribution in [3.8, 4) is 0 Å². The van der Waals surface area contributed by atoms with E-state index in [1.807, 2.05) is 11.3 Å². The quantitative estimate of drug-likeness (QED) is 0.463. The lowest BCUT2D eigenvalue weighted by Crippen LogP contribution is -1.97. The van der Waals surface area contributed by atoms with Crippen molar-refractivity contribution in [3.63, 3.8) is 0 Å². The van der Waals surface area contributed by atoms with E-state index in [0.717, 1.165) is 5.92 Å². The Morgan fingerprint density at radius 3 is 2.38 bits per heavy atom. The summed E-state index contributed by atoms with van der Waals surface area (Å²) in [7, 11) is 0. The van der Waals surface area contributed by atoms with E-state index < -0.39 is 0 Å². The van der Waals surface area contributed by atoms with Gasteiger partial charge in [0.15, 0.2) is 0 Å². The van der Waals surface area contributed by atoms with Gasteiger partial charge in [-0.2, -0.15) is 0 Å². The third kappa shape index (κ3) is 5.16. The van der Waals surface area contributed by atoms with Gasteiger partial charge in [-0.05, 0) is 30.2 Å². The maximum absolute atomic E-state index is 2.32. The molecular formula is C15H26S. The third-order valence-electron chi connectivity index (χ3n) is 3.26. The van der Waals surface area contributed by atoms with E-state index in [0.29, 0.717) is 0 Å². The van der Waals surface area contributed by atoms with Gasteiger partial charge in [0, 0.05) is 4.88 Å². The highest BCUT2D eigenvalue weighted by Gasteiger charge is 2.11. The van der Waals surface area contributed by atoms with Crippen LogP contribution in [0.3, 0.4) is 0 Å².